The molecule has 2 atom stereocenters. The molecular formula is C20H18ClN3O3S. The first-order valence-corrected chi connectivity index (χ1v) is 10.7. The zero-order chi connectivity index (χ0) is 19.7. The number of benzene rings is 2. The molecule has 144 valence electrons. The van der Waals surface area contributed by atoms with E-state index in [1.54, 1.807) is 30.3 Å². The number of rotatable bonds is 5. The standard InChI is InChI=1S/C20H18ClN3O3S/c21-15-7-9-16(10-8-15)24-28(26,27)17-5-1-4-14(11-17)20(25)23-22-19-12-13-3-2-6-18(13)19/h1-5,7-11,13,18,24H,6,12H2,(H,23,25)/b22-19-/t13-,18-/m1/s1. The Balaban J connectivity index is 1.46. The van der Waals surface area contributed by atoms with E-state index in [-0.39, 0.29) is 10.5 Å². The van der Waals surface area contributed by atoms with Crippen LogP contribution in [0.2, 0.25) is 5.02 Å². The van der Waals surface area contributed by atoms with Crippen molar-refractivity contribution in [1.29, 1.82) is 0 Å². The number of allylic oxidation sites excluding steroid dienone is 2. The topological polar surface area (TPSA) is 87.6 Å². The van der Waals surface area contributed by atoms with E-state index in [0.29, 0.717) is 22.5 Å². The Morgan fingerprint density at radius 3 is 2.68 bits per heavy atom. The van der Waals surface area contributed by atoms with Crippen molar-refractivity contribution >= 4 is 38.9 Å². The molecule has 28 heavy (non-hydrogen) atoms. The third kappa shape index (κ3) is 3.81. The van der Waals surface area contributed by atoms with Gasteiger partial charge in [0, 0.05) is 27.9 Å². The highest BCUT2D eigenvalue weighted by molar-refractivity contribution is 7.92. The normalized spacial score (nSPS) is 21.8. The molecule has 2 aromatic carbocycles. The highest BCUT2D eigenvalue weighted by Gasteiger charge is 2.38. The summed E-state index contributed by atoms with van der Waals surface area (Å²) in [5.41, 5.74) is 4.13. The number of sulfonamides is 1. The summed E-state index contributed by atoms with van der Waals surface area (Å²) in [7, 11) is -3.84. The quantitative estimate of drug-likeness (QED) is 0.574. The monoisotopic (exact) mass is 415 g/mol. The van der Waals surface area contributed by atoms with E-state index in [1.165, 1.54) is 18.2 Å². The molecule has 2 aliphatic carbocycles. The van der Waals surface area contributed by atoms with Gasteiger partial charge in [0.25, 0.3) is 15.9 Å². The van der Waals surface area contributed by atoms with Crippen LogP contribution in [0.5, 0.6) is 0 Å². The summed E-state index contributed by atoms with van der Waals surface area (Å²) in [5, 5.41) is 4.72. The number of hydrogen-bond donors (Lipinski definition) is 2. The molecule has 2 aromatic rings. The summed E-state index contributed by atoms with van der Waals surface area (Å²) in [5.74, 6) is 0.504. The lowest BCUT2D eigenvalue weighted by atomic mass is 9.74. The highest BCUT2D eigenvalue weighted by atomic mass is 35.5. The Hall–Kier alpha value is -2.64. The van der Waals surface area contributed by atoms with Gasteiger partial charge in [0.1, 0.15) is 0 Å². The van der Waals surface area contributed by atoms with Crippen LogP contribution >= 0.6 is 11.6 Å². The maximum Gasteiger partial charge on any atom is 0.271 e. The second kappa shape index (κ2) is 7.41. The maximum atomic E-state index is 12.6. The summed E-state index contributed by atoms with van der Waals surface area (Å²) in [6, 6.07) is 12.2. The Labute approximate surface area is 168 Å². The molecule has 2 aliphatic rings. The Morgan fingerprint density at radius 1 is 1.14 bits per heavy atom. The lowest BCUT2D eigenvalue weighted by molar-refractivity contribution is 0.0953. The molecule has 0 unspecified atom stereocenters. The molecular weight excluding hydrogens is 398 g/mol. The van der Waals surface area contributed by atoms with E-state index in [0.717, 1.165) is 18.6 Å². The van der Waals surface area contributed by atoms with Crippen LogP contribution in [0.25, 0.3) is 0 Å². The van der Waals surface area contributed by atoms with Gasteiger partial charge in [0.15, 0.2) is 0 Å². The van der Waals surface area contributed by atoms with Crippen molar-refractivity contribution in [2.45, 2.75) is 17.7 Å². The number of hydrazone groups is 1. The molecule has 4 rings (SSSR count). The van der Waals surface area contributed by atoms with Crippen LogP contribution in [-0.2, 0) is 10.0 Å². The summed E-state index contributed by atoms with van der Waals surface area (Å²) < 4.78 is 27.7. The number of carbonyl (C=O) groups excluding carboxylic acids is 1. The molecule has 0 bridgehead atoms. The predicted octanol–water partition coefficient (Wildman–Crippen LogP) is 3.82. The maximum absolute atomic E-state index is 12.6. The van der Waals surface area contributed by atoms with Gasteiger partial charge in [-0.1, -0.05) is 29.8 Å². The van der Waals surface area contributed by atoms with Crippen molar-refractivity contribution in [2.75, 3.05) is 4.72 Å². The third-order valence-corrected chi connectivity index (χ3v) is 6.60. The third-order valence-electron chi connectivity index (χ3n) is 4.97. The number of anilines is 1. The first-order valence-electron chi connectivity index (χ1n) is 8.84. The van der Waals surface area contributed by atoms with Crippen LogP contribution in [0.3, 0.4) is 0 Å². The van der Waals surface area contributed by atoms with Crippen molar-refractivity contribution in [3.8, 4) is 0 Å². The fourth-order valence-corrected chi connectivity index (χ4v) is 4.62. The largest absolute Gasteiger partial charge is 0.280 e. The van der Waals surface area contributed by atoms with Crippen molar-refractivity contribution in [3.63, 3.8) is 0 Å². The minimum atomic E-state index is -3.84. The fraction of sp³-hybridized carbons (Fsp3) is 0.200. The SMILES string of the molecule is O=C(N/N=C1/C[C@H]2C=CC[C@@H]12)c1cccc(S(=O)(=O)Nc2ccc(Cl)cc2)c1. The molecule has 1 saturated carbocycles. The average Bonchev–Trinajstić information content (AvgIpc) is 3.04. The molecule has 0 heterocycles. The molecule has 2 N–H and O–H groups in total. The first kappa shape index (κ1) is 18.7. The molecule has 0 radical (unpaired) electrons. The van der Waals surface area contributed by atoms with Crippen molar-refractivity contribution in [3.05, 3.63) is 71.3 Å². The fourth-order valence-electron chi connectivity index (χ4n) is 3.39. The van der Waals surface area contributed by atoms with Gasteiger partial charge in [-0.15, -0.1) is 0 Å². The van der Waals surface area contributed by atoms with E-state index >= 15 is 0 Å². The van der Waals surface area contributed by atoms with Gasteiger partial charge in [0.2, 0.25) is 0 Å². The number of amides is 1. The van der Waals surface area contributed by atoms with E-state index in [2.05, 4.69) is 27.4 Å². The van der Waals surface area contributed by atoms with Gasteiger partial charge < -0.3 is 0 Å². The highest BCUT2D eigenvalue weighted by Crippen LogP contribution is 2.40. The molecule has 6 nitrogen and oxygen atoms in total. The van der Waals surface area contributed by atoms with Crippen molar-refractivity contribution < 1.29 is 13.2 Å². The predicted molar refractivity (Wildman–Crippen MR) is 109 cm³/mol. The summed E-state index contributed by atoms with van der Waals surface area (Å²) in [6.07, 6.45) is 6.15. The smallest absolute Gasteiger partial charge is 0.271 e. The van der Waals surface area contributed by atoms with Crippen LogP contribution < -0.4 is 10.1 Å². The van der Waals surface area contributed by atoms with Crippen LogP contribution in [0.1, 0.15) is 23.2 Å². The Bertz CT molecular complexity index is 1080. The molecule has 0 spiro atoms. The molecule has 0 saturated heterocycles. The number of nitrogens with one attached hydrogen (secondary N) is 2. The summed E-state index contributed by atoms with van der Waals surface area (Å²) >= 11 is 5.82. The molecule has 0 aromatic heterocycles. The van der Waals surface area contributed by atoms with Crippen LogP contribution in [0.15, 0.2) is 70.7 Å². The number of hydrogen-bond acceptors (Lipinski definition) is 4. The molecule has 0 aliphatic heterocycles. The number of fused-ring (bicyclic) bond motifs is 1. The number of halogens is 1. The van der Waals surface area contributed by atoms with Crippen LogP contribution in [-0.4, -0.2) is 20.0 Å². The summed E-state index contributed by atoms with van der Waals surface area (Å²) in [4.78, 5) is 12.4. The van der Waals surface area contributed by atoms with Gasteiger partial charge in [-0.05, 0) is 61.2 Å². The van der Waals surface area contributed by atoms with Crippen LogP contribution in [0.4, 0.5) is 5.69 Å². The van der Waals surface area contributed by atoms with E-state index in [1.807, 2.05) is 0 Å². The minimum Gasteiger partial charge on any atom is -0.280 e. The molecule has 1 amide bonds. The summed E-state index contributed by atoms with van der Waals surface area (Å²) in [6.45, 7) is 0. The zero-order valence-electron chi connectivity index (χ0n) is 14.8. The van der Waals surface area contributed by atoms with E-state index < -0.39 is 15.9 Å². The number of carbonyl (C=O) groups is 1. The Kier molecular flexibility index (Phi) is 4.95. The second-order valence-electron chi connectivity index (χ2n) is 6.82. The Morgan fingerprint density at radius 2 is 1.93 bits per heavy atom. The van der Waals surface area contributed by atoms with Crippen LogP contribution in [0, 0.1) is 11.8 Å². The second-order valence-corrected chi connectivity index (χ2v) is 8.94. The van der Waals surface area contributed by atoms with Gasteiger partial charge in [0.05, 0.1) is 4.90 Å². The van der Waals surface area contributed by atoms with E-state index in [9.17, 15) is 13.2 Å². The first-order chi connectivity index (χ1) is 13.4. The van der Waals surface area contributed by atoms with E-state index in [4.69, 9.17) is 11.6 Å². The van der Waals surface area contributed by atoms with Gasteiger partial charge in [-0.25, -0.2) is 13.8 Å². The lowest BCUT2D eigenvalue weighted by Crippen LogP contribution is -2.35. The van der Waals surface area contributed by atoms with Crippen molar-refractivity contribution in [1.82, 2.24) is 5.43 Å². The zero-order valence-corrected chi connectivity index (χ0v) is 16.4. The van der Waals surface area contributed by atoms with Crippen molar-refractivity contribution in [2.24, 2.45) is 16.9 Å². The molecule has 8 heteroatoms. The van der Waals surface area contributed by atoms with Gasteiger partial charge in [-0.2, -0.15) is 5.10 Å². The van der Waals surface area contributed by atoms with Gasteiger partial charge >= 0.3 is 0 Å². The minimum absolute atomic E-state index is 0.00791. The van der Waals surface area contributed by atoms with Gasteiger partial charge in [-0.3, -0.25) is 9.52 Å². The number of nitrogens with zero attached hydrogens (tertiary/aromatic N) is 1. The lowest BCUT2D eigenvalue weighted by Gasteiger charge is -2.31. The molecule has 1 fully saturated rings. The average molecular weight is 416 g/mol.